The van der Waals surface area contributed by atoms with Crippen molar-refractivity contribution in [1.29, 1.82) is 5.26 Å². The number of ether oxygens (including phenoxy) is 1. The number of carbonyl (C=O) groups is 1. The van der Waals surface area contributed by atoms with Crippen LogP contribution in [0.3, 0.4) is 0 Å². The van der Waals surface area contributed by atoms with Gasteiger partial charge in [-0.25, -0.2) is 0 Å². The van der Waals surface area contributed by atoms with Crippen molar-refractivity contribution in [3.8, 4) is 11.9 Å². The van der Waals surface area contributed by atoms with Crippen molar-refractivity contribution >= 4 is 23.6 Å². The van der Waals surface area contributed by atoms with E-state index in [1.165, 1.54) is 0 Å². The summed E-state index contributed by atoms with van der Waals surface area (Å²) in [7, 11) is 0. The maximum atomic E-state index is 12.7. The molecule has 0 saturated carbocycles. The second kappa shape index (κ2) is 6.03. The first-order valence-corrected chi connectivity index (χ1v) is 8.65. The fourth-order valence-corrected chi connectivity index (χ4v) is 4.21. The van der Waals surface area contributed by atoms with E-state index in [4.69, 9.17) is 16.3 Å². The molecule has 0 aliphatic carbocycles. The molecule has 1 aromatic carbocycles. The number of carbonyl (C=O) groups excluding carboxylic acids is 1. The number of hydrogen-bond acceptors (Lipinski definition) is 4. The van der Waals surface area contributed by atoms with Crippen molar-refractivity contribution in [1.82, 2.24) is 10.2 Å². The standard InChI is InChI=1S/C18H18ClN3O2/c19-13-1-4-17-12(8-13)7-11(5-6-24-17)18(23)21-15-9-14-2-3-16(15)22(14)10-20/h1,4,7-8,14-16H,2-3,5-6,9H2,(H,21,23)/t14-,15+,16+/m0/s1. The van der Waals surface area contributed by atoms with Gasteiger partial charge in [0, 0.05) is 28.6 Å². The molecule has 124 valence electrons. The van der Waals surface area contributed by atoms with Crippen LogP contribution in [0, 0.1) is 11.5 Å². The second-order valence-corrected chi connectivity index (χ2v) is 7.01. The van der Waals surface area contributed by atoms with Crippen molar-refractivity contribution in [2.45, 2.75) is 43.8 Å². The van der Waals surface area contributed by atoms with Crippen LogP contribution in [0.25, 0.3) is 6.08 Å². The third-order valence-electron chi connectivity index (χ3n) is 5.19. The van der Waals surface area contributed by atoms with E-state index in [9.17, 15) is 10.1 Å². The van der Waals surface area contributed by atoms with Crippen LogP contribution in [-0.4, -0.2) is 35.5 Å². The zero-order valence-electron chi connectivity index (χ0n) is 13.2. The van der Waals surface area contributed by atoms with E-state index >= 15 is 0 Å². The maximum Gasteiger partial charge on any atom is 0.247 e. The Kier molecular flexibility index (Phi) is 3.85. The van der Waals surface area contributed by atoms with Crippen LogP contribution in [0.4, 0.5) is 0 Å². The van der Waals surface area contributed by atoms with Crippen molar-refractivity contribution in [3.63, 3.8) is 0 Å². The van der Waals surface area contributed by atoms with E-state index in [1.54, 1.807) is 6.07 Å². The molecule has 1 aromatic rings. The summed E-state index contributed by atoms with van der Waals surface area (Å²) in [5.41, 5.74) is 1.53. The summed E-state index contributed by atoms with van der Waals surface area (Å²) in [6, 6.07) is 5.91. The number of amides is 1. The predicted molar refractivity (Wildman–Crippen MR) is 90.4 cm³/mol. The zero-order valence-corrected chi connectivity index (χ0v) is 13.9. The lowest BCUT2D eigenvalue weighted by molar-refractivity contribution is -0.118. The van der Waals surface area contributed by atoms with Gasteiger partial charge in [0.25, 0.3) is 0 Å². The summed E-state index contributed by atoms with van der Waals surface area (Å²) in [5, 5.41) is 13.0. The molecule has 3 heterocycles. The highest BCUT2D eigenvalue weighted by Gasteiger charge is 2.46. The van der Waals surface area contributed by atoms with Gasteiger partial charge >= 0.3 is 0 Å². The number of fused-ring (bicyclic) bond motifs is 3. The Balaban J connectivity index is 1.52. The molecule has 0 spiro atoms. The van der Waals surface area contributed by atoms with Gasteiger partial charge in [-0.1, -0.05) is 11.6 Å². The Morgan fingerprint density at radius 3 is 3.08 bits per heavy atom. The van der Waals surface area contributed by atoms with Gasteiger partial charge in [-0.2, -0.15) is 5.26 Å². The molecule has 3 aliphatic rings. The minimum absolute atomic E-state index is 0.0554. The third-order valence-corrected chi connectivity index (χ3v) is 5.43. The Bertz CT molecular complexity index is 755. The summed E-state index contributed by atoms with van der Waals surface area (Å²) in [5.74, 6) is 0.680. The number of rotatable bonds is 2. The van der Waals surface area contributed by atoms with Crippen molar-refractivity contribution in [3.05, 3.63) is 34.4 Å². The van der Waals surface area contributed by atoms with Crippen molar-refractivity contribution in [2.75, 3.05) is 6.61 Å². The van der Waals surface area contributed by atoms with E-state index in [-0.39, 0.29) is 24.0 Å². The summed E-state index contributed by atoms with van der Waals surface area (Å²) in [6.07, 6.45) is 7.57. The molecule has 5 nitrogen and oxygen atoms in total. The molecule has 0 aromatic heterocycles. The molecule has 3 aliphatic heterocycles. The van der Waals surface area contributed by atoms with Crippen LogP contribution in [0.2, 0.25) is 5.02 Å². The lowest BCUT2D eigenvalue weighted by Crippen LogP contribution is -2.43. The maximum absolute atomic E-state index is 12.7. The smallest absolute Gasteiger partial charge is 0.247 e. The number of halogens is 1. The van der Waals surface area contributed by atoms with Crippen LogP contribution in [0.15, 0.2) is 23.8 Å². The SMILES string of the molecule is N#CN1[C@H]2CC[C@@H]1[C@H](NC(=O)C1=Cc3cc(Cl)ccc3OCC1)C2. The molecular formula is C18H18ClN3O2. The molecule has 2 fully saturated rings. The molecule has 0 unspecified atom stereocenters. The fraction of sp³-hybridized carbons (Fsp3) is 0.444. The lowest BCUT2D eigenvalue weighted by atomic mass is 9.95. The number of hydrogen-bond donors (Lipinski definition) is 1. The minimum atomic E-state index is -0.0677. The molecule has 0 radical (unpaired) electrons. The predicted octanol–water partition coefficient (Wildman–Crippen LogP) is 2.71. The first kappa shape index (κ1) is 15.3. The minimum Gasteiger partial charge on any atom is -0.493 e. The second-order valence-electron chi connectivity index (χ2n) is 6.57. The molecule has 2 saturated heterocycles. The van der Waals surface area contributed by atoms with E-state index in [1.807, 2.05) is 23.1 Å². The van der Waals surface area contributed by atoms with E-state index in [0.29, 0.717) is 23.6 Å². The monoisotopic (exact) mass is 343 g/mol. The Morgan fingerprint density at radius 2 is 2.29 bits per heavy atom. The molecule has 2 bridgehead atoms. The van der Waals surface area contributed by atoms with Crippen LogP contribution in [0.1, 0.15) is 31.2 Å². The zero-order chi connectivity index (χ0) is 16.7. The van der Waals surface area contributed by atoms with Crippen LogP contribution >= 0.6 is 11.6 Å². The molecular weight excluding hydrogens is 326 g/mol. The molecule has 6 heteroatoms. The van der Waals surface area contributed by atoms with Gasteiger partial charge in [-0.15, -0.1) is 0 Å². The van der Waals surface area contributed by atoms with Crippen LogP contribution in [-0.2, 0) is 4.79 Å². The fourth-order valence-electron chi connectivity index (χ4n) is 4.03. The van der Waals surface area contributed by atoms with Crippen LogP contribution < -0.4 is 10.1 Å². The van der Waals surface area contributed by atoms with Gasteiger partial charge in [0.05, 0.1) is 18.7 Å². The molecule has 3 atom stereocenters. The highest BCUT2D eigenvalue weighted by atomic mass is 35.5. The average Bonchev–Trinajstić information content (AvgIpc) is 3.03. The Labute approximate surface area is 145 Å². The topological polar surface area (TPSA) is 65.4 Å². The summed E-state index contributed by atoms with van der Waals surface area (Å²) in [4.78, 5) is 14.6. The summed E-state index contributed by atoms with van der Waals surface area (Å²) in [6.45, 7) is 0.467. The van der Waals surface area contributed by atoms with Gasteiger partial charge in [0.2, 0.25) is 5.91 Å². The quantitative estimate of drug-likeness (QED) is 0.838. The highest BCUT2D eigenvalue weighted by Crippen LogP contribution is 2.37. The Morgan fingerprint density at radius 1 is 1.42 bits per heavy atom. The number of benzene rings is 1. The Hall–Kier alpha value is -2.19. The highest BCUT2D eigenvalue weighted by molar-refractivity contribution is 6.30. The first-order valence-electron chi connectivity index (χ1n) is 8.27. The van der Waals surface area contributed by atoms with Gasteiger partial charge in [0.1, 0.15) is 5.75 Å². The summed E-state index contributed by atoms with van der Waals surface area (Å²) < 4.78 is 5.70. The van der Waals surface area contributed by atoms with Crippen molar-refractivity contribution in [2.24, 2.45) is 0 Å². The lowest BCUT2D eigenvalue weighted by Gasteiger charge is -2.22. The van der Waals surface area contributed by atoms with Gasteiger partial charge in [-0.3, -0.25) is 4.79 Å². The summed E-state index contributed by atoms with van der Waals surface area (Å²) >= 11 is 6.05. The first-order chi connectivity index (χ1) is 11.7. The van der Waals surface area contributed by atoms with E-state index < -0.39 is 0 Å². The van der Waals surface area contributed by atoms with Gasteiger partial charge < -0.3 is 15.0 Å². The van der Waals surface area contributed by atoms with Gasteiger partial charge in [-0.05, 0) is 43.5 Å². The van der Waals surface area contributed by atoms with Gasteiger partial charge in [0.15, 0.2) is 6.19 Å². The number of nitrogens with one attached hydrogen (secondary N) is 1. The normalized spacial score (nSPS) is 27.6. The van der Waals surface area contributed by atoms with Crippen LogP contribution in [0.5, 0.6) is 5.75 Å². The number of nitriles is 1. The number of nitrogens with zero attached hydrogens (tertiary/aromatic N) is 2. The molecule has 4 rings (SSSR count). The van der Waals surface area contributed by atoms with Crippen molar-refractivity contribution < 1.29 is 9.53 Å². The third kappa shape index (κ3) is 2.61. The average molecular weight is 344 g/mol. The van der Waals surface area contributed by atoms with E-state index in [0.717, 1.165) is 30.6 Å². The largest absolute Gasteiger partial charge is 0.493 e. The molecule has 1 amide bonds. The molecule has 1 N–H and O–H groups in total. The van der Waals surface area contributed by atoms with E-state index in [2.05, 4.69) is 11.5 Å². The molecule has 24 heavy (non-hydrogen) atoms.